The average Bonchev–Trinajstić information content (AvgIpc) is 3.07. The number of anilines is 1. The standard InChI is InChI=1S/C16H16N4O5/c21-14(19-11(16(23)24)5-10-6-17-9-18-10)7-20-8-15(22)25-13-4-2-1-3-12(13)20/h1-4,6,9,11H,5,7-8H2,(H,17,18)(H,19,21)(H,23,24). The summed E-state index contributed by atoms with van der Waals surface area (Å²) in [5, 5.41) is 11.8. The van der Waals surface area contributed by atoms with Crippen LogP contribution in [0.5, 0.6) is 5.75 Å². The van der Waals surface area contributed by atoms with Gasteiger partial charge in [-0.2, -0.15) is 0 Å². The number of nitrogens with zero attached hydrogens (tertiary/aromatic N) is 2. The number of carboxylic acid groups (broad SMARTS) is 1. The number of carbonyl (C=O) groups excluding carboxylic acids is 2. The van der Waals surface area contributed by atoms with Crippen molar-refractivity contribution in [3.05, 3.63) is 42.5 Å². The lowest BCUT2D eigenvalue weighted by Crippen LogP contribution is -2.48. The molecule has 9 heteroatoms. The number of hydrogen-bond donors (Lipinski definition) is 3. The van der Waals surface area contributed by atoms with Gasteiger partial charge in [0.05, 0.1) is 18.6 Å². The van der Waals surface area contributed by atoms with E-state index in [0.29, 0.717) is 17.1 Å². The van der Waals surface area contributed by atoms with Crippen molar-refractivity contribution in [1.82, 2.24) is 15.3 Å². The van der Waals surface area contributed by atoms with Crippen LogP contribution in [0.15, 0.2) is 36.8 Å². The second kappa shape index (κ2) is 7.04. The predicted octanol–water partition coefficient (Wildman–Crippen LogP) is -0.0528. The van der Waals surface area contributed by atoms with E-state index in [0.717, 1.165) is 0 Å². The lowest BCUT2D eigenvalue weighted by atomic mass is 10.1. The SMILES string of the molecule is O=C(CN1CC(=O)Oc2ccccc21)NC(Cc1cnc[nH]1)C(=O)O. The third-order valence-corrected chi connectivity index (χ3v) is 3.70. The summed E-state index contributed by atoms with van der Waals surface area (Å²) >= 11 is 0. The monoisotopic (exact) mass is 344 g/mol. The molecule has 0 aliphatic carbocycles. The molecule has 3 N–H and O–H groups in total. The maximum absolute atomic E-state index is 12.3. The number of aromatic nitrogens is 2. The molecule has 1 aliphatic heterocycles. The highest BCUT2D eigenvalue weighted by Crippen LogP contribution is 2.30. The Hall–Kier alpha value is -3.36. The maximum Gasteiger partial charge on any atom is 0.331 e. The third kappa shape index (κ3) is 3.94. The lowest BCUT2D eigenvalue weighted by Gasteiger charge is -2.29. The normalized spacial score (nSPS) is 14.4. The van der Waals surface area contributed by atoms with Crippen molar-refractivity contribution < 1.29 is 24.2 Å². The Kier molecular flexibility index (Phi) is 4.64. The van der Waals surface area contributed by atoms with Gasteiger partial charge in [0, 0.05) is 18.3 Å². The third-order valence-electron chi connectivity index (χ3n) is 3.70. The van der Waals surface area contributed by atoms with Gasteiger partial charge >= 0.3 is 11.9 Å². The molecular formula is C16H16N4O5. The summed E-state index contributed by atoms with van der Waals surface area (Å²) < 4.78 is 5.12. The quantitative estimate of drug-likeness (QED) is 0.495. The molecule has 2 aromatic rings. The van der Waals surface area contributed by atoms with Gasteiger partial charge in [0.1, 0.15) is 12.6 Å². The molecule has 0 saturated carbocycles. The number of rotatable bonds is 6. The van der Waals surface area contributed by atoms with E-state index in [1.54, 1.807) is 29.2 Å². The fourth-order valence-corrected chi connectivity index (χ4v) is 2.57. The van der Waals surface area contributed by atoms with Crippen LogP contribution in [0.1, 0.15) is 5.69 Å². The Morgan fingerprint density at radius 3 is 2.92 bits per heavy atom. The van der Waals surface area contributed by atoms with Crippen LogP contribution in [-0.4, -0.2) is 52.1 Å². The number of H-pyrrole nitrogens is 1. The van der Waals surface area contributed by atoms with Crippen molar-refractivity contribution in [1.29, 1.82) is 0 Å². The highest BCUT2D eigenvalue weighted by molar-refractivity contribution is 5.91. The zero-order valence-electron chi connectivity index (χ0n) is 13.1. The number of aromatic amines is 1. The molecule has 1 amide bonds. The summed E-state index contributed by atoms with van der Waals surface area (Å²) in [7, 11) is 0. The first-order chi connectivity index (χ1) is 12.0. The van der Waals surface area contributed by atoms with Gasteiger partial charge in [-0.3, -0.25) is 4.79 Å². The molecule has 1 aliphatic rings. The van der Waals surface area contributed by atoms with Crippen molar-refractivity contribution in [2.75, 3.05) is 18.0 Å². The topological polar surface area (TPSA) is 125 Å². The second-order valence-electron chi connectivity index (χ2n) is 5.54. The molecular weight excluding hydrogens is 328 g/mol. The van der Waals surface area contributed by atoms with E-state index in [2.05, 4.69) is 15.3 Å². The average molecular weight is 344 g/mol. The molecule has 1 aromatic carbocycles. The molecule has 0 radical (unpaired) electrons. The van der Waals surface area contributed by atoms with Crippen molar-refractivity contribution in [2.24, 2.45) is 0 Å². The van der Waals surface area contributed by atoms with Gasteiger partial charge in [-0.05, 0) is 12.1 Å². The Morgan fingerprint density at radius 1 is 1.40 bits per heavy atom. The summed E-state index contributed by atoms with van der Waals surface area (Å²) in [5.74, 6) is -1.75. The molecule has 130 valence electrons. The first-order valence-corrected chi connectivity index (χ1v) is 7.57. The Morgan fingerprint density at radius 2 is 2.20 bits per heavy atom. The van der Waals surface area contributed by atoms with Gasteiger partial charge in [-0.15, -0.1) is 0 Å². The summed E-state index contributed by atoms with van der Waals surface area (Å²) in [4.78, 5) is 43.5. The van der Waals surface area contributed by atoms with E-state index in [-0.39, 0.29) is 19.5 Å². The molecule has 9 nitrogen and oxygen atoms in total. The number of esters is 1. The van der Waals surface area contributed by atoms with Crippen molar-refractivity contribution in [2.45, 2.75) is 12.5 Å². The highest BCUT2D eigenvalue weighted by atomic mass is 16.5. The number of carboxylic acids is 1. The summed E-state index contributed by atoms with van der Waals surface area (Å²) in [6.07, 6.45) is 3.02. The lowest BCUT2D eigenvalue weighted by molar-refractivity contribution is -0.141. The van der Waals surface area contributed by atoms with Crippen LogP contribution in [0.3, 0.4) is 0 Å². The molecule has 0 saturated heterocycles. The van der Waals surface area contributed by atoms with Crippen molar-refractivity contribution >= 4 is 23.5 Å². The number of fused-ring (bicyclic) bond motifs is 1. The number of para-hydroxylation sites is 2. The second-order valence-corrected chi connectivity index (χ2v) is 5.54. The number of amides is 1. The predicted molar refractivity (Wildman–Crippen MR) is 86.1 cm³/mol. The van der Waals surface area contributed by atoms with E-state index < -0.39 is 23.9 Å². The molecule has 0 bridgehead atoms. The van der Waals surface area contributed by atoms with E-state index in [9.17, 15) is 19.5 Å². The minimum absolute atomic E-state index is 0.0806. The van der Waals surface area contributed by atoms with Gasteiger partial charge in [-0.25, -0.2) is 14.6 Å². The molecule has 1 unspecified atom stereocenters. The van der Waals surface area contributed by atoms with Crippen LogP contribution in [-0.2, 0) is 20.8 Å². The summed E-state index contributed by atoms with van der Waals surface area (Å²) in [5.41, 5.74) is 1.21. The molecule has 2 heterocycles. The molecule has 3 rings (SSSR count). The van der Waals surface area contributed by atoms with Crippen LogP contribution < -0.4 is 15.0 Å². The maximum atomic E-state index is 12.3. The first kappa shape index (κ1) is 16.5. The van der Waals surface area contributed by atoms with E-state index in [1.807, 2.05) is 0 Å². The van der Waals surface area contributed by atoms with E-state index in [1.165, 1.54) is 12.5 Å². The van der Waals surface area contributed by atoms with Crippen LogP contribution in [0.4, 0.5) is 5.69 Å². The fourth-order valence-electron chi connectivity index (χ4n) is 2.57. The van der Waals surface area contributed by atoms with Crippen molar-refractivity contribution in [3.8, 4) is 5.75 Å². The number of imidazole rings is 1. The molecule has 0 fully saturated rings. The van der Waals surface area contributed by atoms with Gasteiger partial charge in [0.25, 0.3) is 0 Å². The largest absolute Gasteiger partial charge is 0.480 e. The van der Waals surface area contributed by atoms with Crippen LogP contribution in [0, 0.1) is 0 Å². The number of carbonyl (C=O) groups is 3. The zero-order valence-corrected chi connectivity index (χ0v) is 13.1. The molecule has 1 atom stereocenters. The zero-order chi connectivity index (χ0) is 17.8. The van der Waals surface area contributed by atoms with E-state index >= 15 is 0 Å². The highest BCUT2D eigenvalue weighted by Gasteiger charge is 2.27. The Bertz CT molecular complexity index is 790. The van der Waals surface area contributed by atoms with Gasteiger partial charge in [-0.1, -0.05) is 12.1 Å². The fraction of sp³-hybridized carbons (Fsp3) is 0.250. The van der Waals surface area contributed by atoms with Crippen LogP contribution >= 0.6 is 0 Å². The Labute approximate surface area is 142 Å². The number of ether oxygens (including phenoxy) is 1. The smallest absolute Gasteiger partial charge is 0.331 e. The summed E-state index contributed by atoms with van der Waals surface area (Å²) in [6, 6.07) is 5.76. The van der Waals surface area contributed by atoms with Crippen LogP contribution in [0.2, 0.25) is 0 Å². The molecule has 0 spiro atoms. The van der Waals surface area contributed by atoms with E-state index in [4.69, 9.17) is 4.74 Å². The first-order valence-electron chi connectivity index (χ1n) is 7.57. The summed E-state index contributed by atoms with van der Waals surface area (Å²) in [6.45, 7) is -0.235. The molecule has 25 heavy (non-hydrogen) atoms. The minimum atomic E-state index is -1.15. The van der Waals surface area contributed by atoms with Gasteiger partial charge < -0.3 is 25.0 Å². The van der Waals surface area contributed by atoms with Crippen molar-refractivity contribution in [3.63, 3.8) is 0 Å². The number of benzene rings is 1. The number of hydrogen-bond acceptors (Lipinski definition) is 6. The Balaban J connectivity index is 1.67. The number of nitrogens with one attached hydrogen (secondary N) is 2. The van der Waals surface area contributed by atoms with Gasteiger partial charge in [0.2, 0.25) is 5.91 Å². The minimum Gasteiger partial charge on any atom is -0.480 e. The van der Waals surface area contributed by atoms with Crippen LogP contribution in [0.25, 0.3) is 0 Å². The number of aliphatic carboxylic acids is 1. The molecule has 1 aromatic heterocycles. The van der Waals surface area contributed by atoms with Gasteiger partial charge in [0.15, 0.2) is 5.75 Å².